The van der Waals surface area contributed by atoms with Gasteiger partial charge in [-0.15, -0.1) is 13.2 Å². The Morgan fingerprint density at radius 2 is 2.04 bits per heavy atom. The van der Waals surface area contributed by atoms with Crippen molar-refractivity contribution in [3.8, 4) is 5.75 Å². The van der Waals surface area contributed by atoms with Crippen LogP contribution in [0.1, 0.15) is 18.4 Å². The fraction of sp³-hybridized carbons (Fsp3) is 0.429. The van der Waals surface area contributed by atoms with E-state index in [1.807, 2.05) is 0 Å². The summed E-state index contributed by atoms with van der Waals surface area (Å²) in [6, 6.07) is 4.28. The molecule has 0 unspecified atom stereocenters. The number of primary amides is 1. The number of benzene rings is 1. The summed E-state index contributed by atoms with van der Waals surface area (Å²) in [5.74, 6) is -0.980. The molecule has 0 radical (unpaired) electrons. The van der Waals surface area contributed by atoms with Crippen molar-refractivity contribution in [1.82, 2.24) is 10.2 Å². The summed E-state index contributed by atoms with van der Waals surface area (Å²) in [6.07, 6.45) is -3.68. The Morgan fingerprint density at radius 1 is 1.35 bits per heavy atom. The molecule has 1 heterocycles. The number of hydrogen-bond acceptors (Lipinski definition) is 3. The molecule has 1 aromatic rings. The summed E-state index contributed by atoms with van der Waals surface area (Å²) in [7, 11) is 0. The number of likely N-dealkylation sites (tertiary alicyclic amines) is 1. The van der Waals surface area contributed by atoms with E-state index in [0.717, 1.165) is 6.07 Å². The van der Waals surface area contributed by atoms with Crippen LogP contribution < -0.4 is 15.8 Å². The van der Waals surface area contributed by atoms with Crippen LogP contribution in [0.5, 0.6) is 5.75 Å². The van der Waals surface area contributed by atoms with Crippen molar-refractivity contribution in [2.24, 2.45) is 5.73 Å². The Bertz CT molecular complexity index is 592. The summed E-state index contributed by atoms with van der Waals surface area (Å²) in [5, 5.41) is 2.48. The van der Waals surface area contributed by atoms with E-state index < -0.39 is 24.3 Å². The van der Waals surface area contributed by atoms with Crippen LogP contribution in [0, 0.1) is 0 Å². The molecule has 3 N–H and O–H groups in total. The van der Waals surface area contributed by atoms with Gasteiger partial charge in [-0.2, -0.15) is 0 Å². The van der Waals surface area contributed by atoms with Crippen LogP contribution in [-0.4, -0.2) is 35.8 Å². The summed E-state index contributed by atoms with van der Waals surface area (Å²) >= 11 is 0. The number of urea groups is 1. The molecule has 2 rings (SSSR count). The fourth-order valence-electron chi connectivity index (χ4n) is 2.45. The van der Waals surface area contributed by atoms with Crippen LogP contribution in [0.4, 0.5) is 18.0 Å². The highest BCUT2D eigenvalue weighted by Crippen LogP contribution is 2.26. The van der Waals surface area contributed by atoms with Gasteiger partial charge in [-0.05, 0) is 18.9 Å². The number of nitrogens with one attached hydrogen (secondary N) is 1. The Hall–Kier alpha value is -2.45. The van der Waals surface area contributed by atoms with E-state index in [1.165, 1.54) is 23.1 Å². The molecule has 0 aliphatic carbocycles. The molecule has 0 spiro atoms. The number of halogens is 3. The van der Waals surface area contributed by atoms with Gasteiger partial charge in [0.05, 0.1) is 0 Å². The first-order valence-corrected chi connectivity index (χ1v) is 6.95. The van der Waals surface area contributed by atoms with Gasteiger partial charge in [-0.3, -0.25) is 4.79 Å². The fourth-order valence-corrected chi connectivity index (χ4v) is 2.45. The smallest absolute Gasteiger partial charge is 0.405 e. The summed E-state index contributed by atoms with van der Waals surface area (Å²) in [6.45, 7) is 0.215. The number of nitrogens with two attached hydrogens (primary N) is 1. The molecule has 1 saturated heterocycles. The highest BCUT2D eigenvalue weighted by atomic mass is 19.4. The van der Waals surface area contributed by atoms with Crippen molar-refractivity contribution >= 4 is 11.9 Å². The highest BCUT2D eigenvalue weighted by Gasteiger charge is 2.33. The van der Waals surface area contributed by atoms with E-state index in [9.17, 15) is 22.8 Å². The second-order valence-corrected chi connectivity index (χ2v) is 5.07. The Labute approximate surface area is 130 Å². The van der Waals surface area contributed by atoms with Crippen LogP contribution in [0.25, 0.3) is 0 Å². The van der Waals surface area contributed by atoms with E-state index in [2.05, 4.69) is 10.1 Å². The number of rotatable bonds is 4. The maximum Gasteiger partial charge on any atom is 0.573 e. The Kier molecular flexibility index (Phi) is 4.97. The molecule has 0 bridgehead atoms. The first kappa shape index (κ1) is 16.9. The molecule has 1 aliphatic heterocycles. The standard InChI is InChI=1S/C14H16F3N3O3/c15-14(16,17)23-11-6-2-1-4-9(11)8-19-13(22)20-7-3-5-10(20)12(18)21/h1-2,4,6,10H,3,5,7-8H2,(H2,18,21)(H,19,22)/t10-/m1/s1. The Morgan fingerprint density at radius 3 is 2.70 bits per heavy atom. The first-order valence-electron chi connectivity index (χ1n) is 6.95. The predicted molar refractivity (Wildman–Crippen MR) is 74.3 cm³/mol. The van der Waals surface area contributed by atoms with Gasteiger partial charge in [-0.1, -0.05) is 18.2 Å². The van der Waals surface area contributed by atoms with Crippen molar-refractivity contribution in [2.75, 3.05) is 6.54 Å². The van der Waals surface area contributed by atoms with Gasteiger partial charge in [0.15, 0.2) is 0 Å². The van der Waals surface area contributed by atoms with Gasteiger partial charge in [-0.25, -0.2) is 4.79 Å². The highest BCUT2D eigenvalue weighted by molar-refractivity contribution is 5.86. The van der Waals surface area contributed by atoms with E-state index >= 15 is 0 Å². The maximum absolute atomic E-state index is 12.3. The zero-order valence-corrected chi connectivity index (χ0v) is 12.1. The van der Waals surface area contributed by atoms with Crippen molar-refractivity contribution in [3.05, 3.63) is 29.8 Å². The topological polar surface area (TPSA) is 84.7 Å². The molecular weight excluding hydrogens is 315 g/mol. The molecule has 0 aromatic heterocycles. The average Bonchev–Trinajstić information content (AvgIpc) is 2.94. The molecule has 1 fully saturated rings. The second-order valence-electron chi connectivity index (χ2n) is 5.07. The number of carbonyl (C=O) groups excluding carboxylic acids is 2. The molecule has 0 saturated carbocycles. The molecule has 1 aliphatic rings. The number of amides is 3. The van der Waals surface area contributed by atoms with Crippen LogP contribution in [0.15, 0.2) is 24.3 Å². The maximum atomic E-state index is 12.3. The first-order chi connectivity index (χ1) is 10.8. The van der Waals surface area contributed by atoms with Crippen molar-refractivity contribution in [3.63, 3.8) is 0 Å². The van der Waals surface area contributed by atoms with E-state index in [0.29, 0.717) is 19.4 Å². The van der Waals surface area contributed by atoms with E-state index in [4.69, 9.17) is 5.73 Å². The molecular formula is C14H16F3N3O3. The lowest BCUT2D eigenvalue weighted by molar-refractivity contribution is -0.274. The van der Waals surface area contributed by atoms with Crippen LogP contribution >= 0.6 is 0 Å². The largest absolute Gasteiger partial charge is 0.573 e. The SMILES string of the molecule is NC(=O)[C@H]1CCCN1C(=O)NCc1ccccc1OC(F)(F)F. The van der Waals surface area contributed by atoms with E-state index in [-0.39, 0.29) is 17.9 Å². The van der Waals surface area contributed by atoms with Gasteiger partial charge >= 0.3 is 12.4 Å². The summed E-state index contributed by atoms with van der Waals surface area (Å²) in [4.78, 5) is 24.6. The lowest BCUT2D eigenvalue weighted by Crippen LogP contribution is -2.47. The minimum Gasteiger partial charge on any atom is -0.405 e. The number of hydrogen-bond donors (Lipinski definition) is 2. The van der Waals surface area contributed by atoms with Crippen molar-refractivity contribution < 1.29 is 27.5 Å². The average molecular weight is 331 g/mol. The zero-order chi connectivity index (χ0) is 17.0. The molecule has 126 valence electrons. The van der Waals surface area contributed by atoms with Gasteiger partial charge < -0.3 is 20.7 Å². The minimum absolute atomic E-state index is 0.160. The third-order valence-electron chi connectivity index (χ3n) is 3.47. The zero-order valence-electron chi connectivity index (χ0n) is 12.1. The normalized spacial score (nSPS) is 17.9. The van der Waals surface area contributed by atoms with Gasteiger partial charge in [0.2, 0.25) is 5.91 Å². The lowest BCUT2D eigenvalue weighted by Gasteiger charge is -2.23. The summed E-state index contributed by atoms with van der Waals surface area (Å²) in [5.41, 5.74) is 5.40. The third kappa shape index (κ3) is 4.51. The number of ether oxygens (including phenoxy) is 1. The monoisotopic (exact) mass is 331 g/mol. The number of carbonyl (C=O) groups is 2. The third-order valence-corrected chi connectivity index (χ3v) is 3.47. The van der Waals surface area contributed by atoms with Gasteiger partial charge in [0, 0.05) is 18.7 Å². The minimum atomic E-state index is -4.81. The quantitative estimate of drug-likeness (QED) is 0.881. The van der Waals surface area contributed by atoms with Crippen LogP contribution in [-0.2, 0) is 11.3 Å². The predicted octanol–water partition coefficient (Wildman–Crippen LogP) is 1.74. The summed E-state index contributed by atoms with van der Waals surface area (Å²) < 4.78 is 40.9. The lowest BCUT2D eigenvalue weighted by atomic mass is 10.2. The number of alkyl halides is 3. The second kappa shape index (κ2) is 6.76. The molecule has 23 heavy (non-hydrogen) atoms. The van der Waals surface area contributed by atoms with E-state index in [1.54, 1.807) is 0 Å². The molecule has 1 aromatic carbocycles. The Balaban J connectivity index is 2.01. The number of nitrogens with zero attached hydrogens (tertiary/aromatic N) is 1. The van der Waals surface area contributed by atoms with Gasteiger partial charge in [0.1, 0.15) is 11.8 Å². The number of para-hydroxylation sites is 1. The van der Waals surface area contributed by atoms with Crippen LogP contribution in [0.3, 0.4) is 0 Å². The van der Waals surface area contributed by atoms with Crippen molar-refractivity contribution in [2.45, 2.75) is 31.8 Å². The molecule has 9 heteroatoms. The molecule has 1 atom stereocenters. The molecule has 3 amide bonds. The molecule has 6 nitrogen and oxygen atoms in total. The van der Waals surface area contributed by atoms with Gasteiger partial charge in [0.25, 0.3) is 0 Å². The van der Waals surface area contributed by atoms with Crippen molar-refractivity contribution in [1.29, 1.82) is 0 Å². The van der Waals surface area contributed by atoms with Crippen LogP contribution in [0.2, 0.25) is 0 Å².